The Labute approximate surface area is 114 Å². The largest absolute Gasteiger partial charge is 0.454 e. The van der Waals surface area contributed by atoms with Crippen LogP contribution in [0.4, 0.5) is 0 Å². The van der Waals surface area contributed by atoms with Crippen LogP contribution in [-0.2, 0) is 0 Å². The van der Waals surface area contributed by atoms with E-state index in [1.54, 1.807) is 0 Å². The Bertz CT molecular complexity index is 797. The van der Waals surface area contributed by atoms with E-state index in [0.29, 0.717) is 0 Å². The maximum Gasteiger partial charge on any atom is 0.231 e. The first-order valence-electron chi connectivity index (χ1n) is 6.44. The highest BCUT2D eigenvalue weighted by Crippen LogP contribution is 2.42. The molecule has 0 saturated carbocycles. The first kappa shape index (κ1) is 10.2. The quantitative estimate of drug-likeness (QED) is 0.584. The van der Waals surface area contributed by atoms with Crippen LogP contribution in [0.2, 0.25) is 0 Å². The molecule has 0 amide bonds. The summed E-state index contributed by atoms with van der Waals surface area (Å²) in [6.07, 6.45) is 0. The van der Waals surface area contributed by atoms with Crippen LogP contribution in [0.5, 0.6) is 23.0 Å². The highest BCUT2D eigenvalue weighted by Gasteiger charge is 2.18. The van der Waals surface area contributed by atoms with Crippen LogP contribution in [0.25, 0.3) is 21.5 Å². The molecule has 0 bridgehead atoms. The van der Waals surface area contributed by atoms with Gasteiger partial charge >= 0.3 is 0 Å². The van der Waals surface area contributed by atoms with Crippen LogP contribution in [0.3, 0.4) is 0 Å². The Kier molecular flexibility index (Phi) is 1.77. The number of benzene rings is 3. The molecular weight excluding hydrogens is 256 g/mol. The van der Waals surface area contributed by atoms with Gasteiger partial charge in [0.25, 0.3) is 0 Å². The molecule has 98 valence electrons. The molecule has 0 atom stereocenters. The fourth-order valence-electron chi connectivity index (χ4n) is 2.84. The smallest absolute Gasteiger partial charge is 0.231 e. The van der Waals surface area contributed by atoms with Crippen LogP contribution in [0.15, 0.2) is 36.4 Å². The predicted molar refractivity (Wildman–Crippen MR) is 73.7 cm³/mol. The lowest BCUT2D eigenvalue weighted by molar-refractivity contribution is 0.173. The van der Waals surface area contributed by atoms with Gasteiger partial charge < -0.3 is 18.9 Å². The Morgan fingerprint density at radius 2 is 0.950 bits per heavy atom. The van der Waals surface area contributed by atoms with Crippen molar-refractivity contribution in [3.05, 3.63) is 36.4 Å². The number of hydrogen-bond donors (Lipinski definition) is 0. The fourth-order valence-corrected chi connectivity index (χ4v) is 2.84. The van der Waals surface area contributed by atoms with Gasteiger partial charge in [0.15, 0.2) is 23.0 Å². The Hall–Kier alpha value is -2.62. The molecule has 0 N–H and O–H groups in total. The summed E-state index contributed by atoms with van der Waals surface area (Å²) in [6.45, 7) is 0.575. The van der Waals surface area contributed by atoms with Crippen molar-refractivity contribution in [1.82, 2.24) is 0 Å². The zero-order valence-electron chi connectivity index (χ0n) is 10.5. The van der Waals surface area contributed by atoms with Gasteiger partial charge in [0, 0.05) is 0 Å². The average Bonchev–Trinajstić information content (AvgIpc) is 3.10. The lowest BCUT2D eigenvalue weighted by Gasteiger charge is -2.07. The Morgan fingerprint density at radius 1 is 0.550 bits per heavy atom. The maximum atomic E-state index is 5.47. The highest BCUT2D eigenvalue weighted by atomic mass is 16.7. The summed E-state index contributed by atoms with van der Waals surface area (Å²) < 4.78 is 21.8. The topological polar surface area (TPSA) is 36.9 Å². The summed E-state index contributed by atoms with van der Waals surface area (Å²) in [5.74, 6) is 3.19. The lowest BCUT2D eigenvalue weighted by atomic mass is 10.0. The molecule has 0 aromatic heterocycles. The number of rotatable bonds is 0. The van der Waals surface area contributed by atoms with Gasteiger partial charge in [-0.25, -0.2) is 0 Å². The summed E-state index contributed by atoms with van der Waals surface area (Å²) >= 11 is 0. The van der Waals surface area contributed by atoms with Gasteiger partial charge in [0.1, 0.15) is 0 Å². The predicted octanol–water partition coefficient (Wildman–Crippen LogP) is 3.45. The van der Waals surface area contributed by atoms with Crippen molar-refractivity contribution in [2.75, 3.05) is 13.6 Å². The first-order valence-corrected chi connectivity index (χ1v) is 6.44. The Morgan fingerprint density at radius 3 is 1.40 bits per heavy atom. The molecule has 4 heteroatoms. The molecule has 0 aliphatic carbocycles. The third-order valence-corrected chi connectivity index (χ3v) is 3.82. The second kappa shape index (κ2) is 3.48. The first-order chi connectivity index (χ1) is 9.88. The molecule has 5 rings (SSSR count). The van der Waals surface area contributed by atoms with Gasteiger partial charge in [-0.15, -0.1) is 0 Å². The molecule has 2 aliphatic rings. The summed E-state index contributed by atoms with van der Waals surface area (Å²) in [5, 5.41) is 4.51. The van der Waals surface area contributed by atoms with E-state index in [2.05, 4.69) is 12.1 Å². The van der Waals surface area contributed by atoms with E-state index >= 15 is 0 Å². The van der Waals surface area contributed by atoms with Crippen molar-refractivity contribution >= 4 is 21.5 Å². The molecule has 0 unspecified atom stereocenters. The second-order valence-corrected chi connectivity index (χ2v) is 4.92. The number of hydrogen-bond acceptors (Lipinski definition) is 4. The second-order valence-electron chi connectivity index (χ2n) is 4.92. The molecule has 0 fully saturated rings. The summed E-state index contributed by atoms with van der Waals surface area (Å²) in [5.41, 5.74) is 0. The molecule has 2 aliphatic heterocycles. The molecule has 0 saturated heterocycles. The van der Waals surface area contributed by atoms with Crippen molar-refractivity contribution in [1.29, 1.82) is 0 Å². The summed E-state index contributed by atoms with van der Waals surface area (Å²) in [4.78, 5) is 0. The van der Waals surface area contributed by atoms with E-state index in [1.807, 2.05) is 24.3 Å². The zero-order chi connectivity index (χ0) is 13.1. The van der Waals surface area contributed by atoms with E-state index in [1.165, 1.54) is 0 Å². The molecule has 0 radical (unpaired) electrons. The molecule has 3 aromatic carbocycles. The normalized spacial score (nSPS) is 15.2. The van der Waals surface area contributed by atoms with Crippen LogP contribution in [-0.4, -0.2) is 13.6 Å². The molecular formula is C16H10O4. The highest BCUT2D eigenvalue weighted by molar-refractivity contribution is 6.09. The van der Waals surface area contributed by atoms with Gasteiger partial charge in [-0.05, 0) is 45.8 Å². The van der Waals surface area contributed by atoms with Crippen molar-refractivity contribution < 1.29 is 18.9 Å². The summed E-state index contributed by atoms with van der Waals surface area (Å²) in [6, 6.07) is 12.3. The standard InChI is InChI=1S/C16H10O4/c1-2-10-4-14-16(20-8-18-14)6-12(10)11-5-15-13(3-9(1)11)17-7-19-15/h1-6H,7-8H2. The van der Waals surface area contributed by atoms with Crippen molar-refractivity contribution in [2.24, 2.45) is 0 Å². The number of ether oxygens (including phenoxy) is 4. The van der Waals surface area contributed by atoms with Crippen LogP contribution >= 0.6 is 0 Å². The van der Waals surface area contributed by atoms with Gasteiger partial charge in [0.2, 0.25) is 13.6 Å². The molecule has 2 heterocycles. The average molecular weight is 266 g/mol. The van der Waals surface area contributed by atoms with Gasteiger partial charge in [-0.3, -0.25) is 0 Å². The minimum Gasteiger partial charge on any atom is -0.454 e. The third-order valence-electron chi connectivity index (χ3n) is 3.82. The van der Waals surface area contributed by atoms with E-state index in [-0.39, 0.29) is 13.6 Å². The van der Waals surface area contributed by atoms with Crippen molar-refractivity contribution in [3.63, 3.8) is 0 Å². The van der Waals surface area contributed by atoms with Gasteiger partial charge in [0.05, 0.1) is 0 Å². The van der Waals surface area contributed by atoms with E-state index in [4.69, 9.17) is 18.9 Å². The van der Waals surface area contributed by atoms with Gasteiger partial charge in [-0.2, -0.15) is 0 Å². The van der Waals surface area contributed by atoms with Crippen LogP contribution in [0, 0.1) is 0 Å². The third kappa shape index (κ3) is 1.25. The van der Waals surface area contributed by atoms with Crippen molar-refractivity contribution in [3.8, 4) is 23.0 Å². The molecule has 20 heavy (non-hydrogen) atoms. The summed E-state index contributed by atoms with van der Waals surface area (Å²) in [7, 11) is 0. The molecule has 0 spiro atoms. The maximum absolute atomic E-state index is 5.47. The minimum atomic E-state index is 0.288. The van der Waals surface area contributed by atoms with E-state index in [9.17, 15) is 0 Å². The minimum absolute atomic E-state index is 0.288. The monoisotopic (exact) mass is 266 g/mol. The zero-order valence-corrected chi connectivity index (χ0v) is 10.5. The lowest BCUT2D eigenvalue weighted by Crippen LogP contribution is -1.92. The van der Waals surface area contributed by atoms with Crippen LogP contribution in [0.1, 0.15) is 0 Å². The molecule has 4 nitrogen and oxygen atoms in total. The molecule has 3 aromatic rings. The fraction of sp³-hybridized carbons (Fsp3) is 0.125. The van der Waals surface area contributed by atoms with E-state index in [0.717, 1.165) is 44.5 Å². The number of fused-ring (bicyclic) bond motifs is 5. The Balaban J connectivity index is 1.90. The van der Waals surface area contributed by atoms with Crippen LogP contribution < -0.4 is 18.9 Å². The van der Waals surface area contributed by atoms with E-state index < -0.39 is 0 Å². The van der Waals surface area contributed by atoms with Gasteiger partial charge in [-0.1, -0.05) is 12.1 Å². The van der Waals surface area contributed by atoms with Crippen molar-refractivity contribution in [2.45, 2.75) is 0 Å². The SMILES string of the molecule is c1cc2cc3c(cc2c2cc4c(cc12)OCO4)OCO3.